The molecule has 2 aromatic rings. The minimum atomic E-state index is -1.26. The zero-order valence-electron chi connectivity index (χ0n) is 12.9. The number of carboxylic acids is 1. The van der Waals surface area contributed by atoms with Crippen LogP contribution < -0.4 is 11.1 Å². The molecule has 1 amide bonds. The second-order valence-corrected chi connectivity index (χ2v) is 5.65. The molecule has 0 saturated heterocycles. The van der Waals surface area contributed by atoms with Crippen LogP contribution >= 0.6 is 0 Å². The number of amides is 1. The molecule has 1 aliphatic rings. The first-order valence-corrected chi connectivity index (χ1v) is 7.39. The smallest absolute Gasteiger partial charge is 0.328 e. The minimum absolute atomic E-state index is 0.195. The van der Waals surface area contributed by atoms with Gasteiger partial charge in [0.2, 0.25) is 5.91 Å². The van der Waals surface area contributed by atoms with Crippen LogP contribution in [0.15, 0.2) is 24.8 Å². The number of rotatable bonds is 4. The fourth-order valence-electron chi connectivity index (χ4n) is 2.92. The molecule has 11 nitrogen and oxygen atoms in total. The van der Waals surface area contributed by atoms with Crippen LogP contribution in [-0.2, 0) is 9.59 Å². The predicted octanol–water partition coefficient (Wildman–Crippen LogP) is -1.80. The number of hydrogen-bond donors (Lipinski definition) is 5. The topological polar surface area (TPSA) is 176 Å². The molecule has 6 N–H and O–H groups in total. The maximum Gasteiger partial charge on any atom is 0.328 e. The van der Waals surface area contributed by atoms with Gasteiger partial charge in [-0.15, -0.1) is 0 Å². The Kier molecular flexibility index (Phi) is 4.33. The molecule has 0 radical (unpaired) electrons. The Hall–Kier alpha value is -3.05. The molecular weight excluding hydrogens is 332 g/mol. The second-order valence-electron chi connectivity index (χ2n) is 5.65. The number of aromatic nitrogens is 4. The van der Waals surface area contributed by atoms with Crippen molar-refractivity contribution in [2.75, 3.05) is 5.73 Å². The van der Waals surface area contributed by atoms with Crippen LogP contribution in [0.25, 0.3) is 11.2 Å². The molecule has 0 spiro atoms. The lowest BCUT2D eigenvalue weighted by molar-refractivity contribution is -0.131. The normalized spacial score (nSPS) is 26.3. The monoisotopic (exact) mass is 348 g/mol. The quantitative estimate of drug-likeness (QED) is 0.399. The van der Waals surface area contributed by atoms with Gasteiger partial charge in [-0.2, -0.15) is 0 Å². The summed E-state index contributed by atoms with van der Waals surface area (Å²) in [6.07, 6.45) is 2.02. The molecule has 0 aromatic carbocycles. The number of aliphatic carboxylic acids is 1. The molecule has 4 atom stereocenters. The van der Waals surface area contributed by atoms with E-state index in [2.05, 4.69) is 20.3 Å². The number of nitrogens with two attached hydrogens (primary N) is 1. The van der Waals surface area contributed by atoms with E-state index in [9.17, 15) is 19.8 Å². The number of aliphatic hydroxyl groups is 2. The molecule has 0 bridgehead atoms. The summed E-state index contributed by atoms with van der Waals surface area (Å²) < 4.78 is 1.57. The van der Waals surface area contributed by atoms with Crippen molar-refractivity contribution in [1.82, 2.24) is 24.8 Å². The molecule has 1 aliphatic carbocycles. The number of hydrogen-bond acceptors (Lipinski definition) is 8. The average molecular weight is 348 g/mol. The molecule has 3 rings (SSSR count). The van der Waals surface area contributed by atoms with Crippen molar-refractivity contribution >= 4 is 28.9 Å². The first-order chi connectivity index (χ1) is 11.9. The standard InChI is InChI=1S/C14H16N6O5/c15-13-10-14(17-4-16-13)20(5-18-10)7-3-6(11(24)12(7)25)19-8(21)1-2-9(22)23/h1-2,4-7,11-12,24-25H,3H2,(H,19,21)(H,22,23)(H2,15,16,17)/b2-1+/t6-,7+,11-,12+/m1/s1. The maximum atomic E-state index is 11.7. The third-order valence-electron chi connectivity index (χ3n) is 4.10. The summed E-state index contributed by atoms with van der Waals surface area (Å²) in [5.74, 6) is -1.75. The molecule has 1 fully saturated rings. The highest BCUT2D eigenvalue weighted by Crippen LogP contribution is 2.33. The fraction of sp³-hybridized carbons (Fsp3) is 0.357. The van der Waals surface area contributed by atoms with Crippen LogP contribution in [0.5, 0.6) is 0 Å². The van der Waals surface area contributed by atoms with Crippen molar-refractivity contribution in [2.24, 2.45) is 0 Å². The molecule has 0 unspecified atom stereocenters. The van der Waals surface area contributed by atoms with Gasteiger partial charge in [0.1, 0.15) is 24.1 Å². The first-order valence-electron chi connectivity index (χ1n) is 7.39. The molecule has 1 saturated carbocycles. The number of nitrogens with zero attached hydrogens (tertiary/aromatic N) is 4. The Morgan fingerprint density at radius 2 is 2.00 bits per heavy atom. The lowest BCUT2D eigenvalue weighted by Gasteiger charge is -2.18. The van der Waals surface area contributed by atoms with Gasteiger partial charge in [0.25, 0.3) is 0 Å². The van der Waals surface area contributed by atoms with Crippen LogP contribution in [-0.4, -0.2) is 65.0 Å². The van der Waals surface area contributed by atoms with Crippen LogP contribution in [0.2, 0.25) is 0 Å². The van der Waals surface area contributed by atoms with E-state index in [0.29, 0.717) is 17.2 Å². The molecule has 2 heterocycles. The lowest BCUT2D eigenvalue weighted by Crippen LogP contribution is -2.42. The van der Waals surface area contributed by atoms with Gasteiger partial charge in [-0.05, 0) is 6.42 Å². The summed E-state index contributed by atoms with van der Waals surface area (Å²) >= 11 is 0. The highest BCUT2D eigenvalue weighted by molar-refractivity contribution is 5.94. The highest BCUT2D eigenvalue weighted by atomic mass is 16.4. The number of nitrogen functional groups attached to an aromatic ring is 1. The third-order valence-corrected chi connectivity index (χ3v) is 4.10. The van der Waals surface area contributed by atoms with Crippen molar-refractivity contribution in [3.63, 3.8) is 0 Å². The lowest BCUT2D eigenvalue weighted by atomic mass is 10.2. The van der Waals surface area contributed by atoms with E-state index in [0.717, 1.165) is 6.08 Å². The van der Waals surface area contributed by atoms with Gasteiger partial charge in [0.05, 0.1) is 18.4 Å². The minimum Gasteiger partial charge on any atom is -0.478 e. The van der Waals surface area contributed by atoms with Gasteiger partial charge in [-0.3, -0.25) is 4.79 Å². The maximum absolute atomic E-state index is 11.7. The molecule has 132 valence electrons. The Balaban J connectivity index is 1.81. The Labute approximate surface area is 140 Å². The molecule has 2 aromatic heterocycles. The van der Waals surface area contributed by atoms with Gasteiger partial charge in [0.15, 0.2) is 11.5 Å². The summed E-state index contributed by atoms with van der Waals surface area (Å²) in [5, 5.41) is 31.5. The molecule has 0 aliphatic heterocycles. The largest absolute Gasteiger partial charge is 0.478 e. The number of anilines is 1. The number of carboxylic acid groups (broad SMARTS) is 1. The number of imidazole rings is 1. The second kappa shape index (κ2) is 6.45. The number of aliphatic hydroxyl groups excluding tert-OH is 2. The number of carbonyl (C=O) groups is 2. The van der Waals surface area contributed by atoms with E-state index < -0.39 is 36.2 Å². The molecular formula is C14H16N6O5. The first kappa shape index (κ1) is 16.8. The fourth-order valence-corrected chi connectivity index (χ4v) is 2.92. The van der Waals surface area contributed by atoms with E-state index in [1.165, 1.54) is 12.7 Å². The van der Waals surface area contributed by atoms with Crippen molar-refractivity contribution in [3.8, 4) is 0 Å². The molecule has 25 heavy (non-hydrogen) atoms. The van der Waals surface area contributed by atoms with Gasteiger partial charge >= 0.3 is 5.97 Å². The summed E-state index contributed by atoms with van der Waals surface area (Å²) in [7, 11) is 0. The highest BCUT2D eigenvalue weighted by Gasteiger charge is 2.43. The van der Waals surface area contributed by atoms with E-state index >= 15 is 0 Å². The van der Waals surface area contributed by atoms with Crippen LogP contribution in [0, 0.1) is 0 Å². The van der Waals surface area contributed by atoms with Crippen molar-refractivity contribution in [2.45, 2.75) is 30.7 Å². The Morgan fingerprint density at radius 1 is 1.24 bits per heavy atom. The number of nitrogens with one attached hydrogen (secondary N) is 1. The van der Waals surface area contributed by atoms with Gasteiger partial charge in [-0.25, -0.2) is 19.7 Å². The van der Waals surface area contributed by atoms with E-state index in [1.54, 1.807) is 4.57 Å². The Morgan fingerprint density at radius 3 is 2.72 bits per heavy atom. The predicted molar refractivity (Wildman–Crippen MR) is 84.1 cm³/mol. The number of carbonyl (C=O) groups excluding carboxylic acids is 1. The van der Waals surface area contributed by atoms with E-state index in [1.807, 2.05) is 0 Å². The van der Waals surface area contributed by atoms with E-state index in [-0.39, 0.29) is 12.2 Å². The summed E-state index contributed by atoms with van der Waals surface area (Å²) in [6, 6.07) is -1.36. The van der Waals surface area contributed by atoms with Crippen LogP contribution in [0.4, 0.5) is 5.82 Å². The zero-order valence-corrected chi connectivity index (χ0v) is 12.9. The van der Waals surface area contributed by atoms with Gasteiger partial charge in [-0.1, -0.05) is 0 Å². The van der Waals surface area contributed by atoms with Gasteiger partial charge < -0.3 is 30.9 Å². The molecule has 11 heteroatoms. The average Bonchev–Trinajstić information content (AvgIpc) is 3.10. The van der Waals surface area contributed by atoms with Crippen molar-refractivity contribution < 1.29 is 24.9 Å². The van der Waals surface area contributed by atoms with Crippen LogP contribution in [0.1, 0.15) is 12.5 Å². The summed E-state index contributed by atoms with van der Waals surface area (Å²) in [6.45, 7) is 0. The van der Waals surface area contributed by atoms with Gasteiger partial charge in [0, 0.05) is 12.2 Å². The van der Waals surface area contributed by atoms with Crippen molar-refractivity contribution in [3.05, 3.63) is 24.8 Å². The van der Waals surface area contributed by atoms with E-state index in [4.69, 9.17) is 10.8 Å². The third kappa shape index (κ3) is 3.14. The zero-order chi connectivity index (χ0) is 18.1. The summed E-state index contributed by atoms with van der Waals surface area (Å²) in [5.41, 5.74) is 6.51. The Bertz CT molecular complexity index is 849. The number of fused-ring (bicyclic) bond motifs is 1. The summed E-state index contributed by atoms with van der Waals surface area (Å²) in [4.78, 5) is 34.2. The SMILES string of the molecule is Nc1ncnc2c1ncn2[C@H]1C[C@@H](NC(=O)/C=C/C(=O)O)[C@@H](O)[C@H]1O. The van der Waals surface area contributed by atoms with Crippen molar-refractivity contribution in [1.29, 1.82) is 0 Å². The van der Waals surface area contributed by atoms with Crippen LogP contribution in [0.3, 0.4) is 0 Å².